The van der Waals surface area contributed by atoms with E-state index < -0.39 is 0 Å². The van der Waals surface area contributed by atoms with E-state index in [4.69, 9.17) is 0 Å². The maximum atomic E-state index is 13.0. The van der Waals surface area contributed by atoms with Gasteiger partial charge in [-0.25, -0.2) is 0 Å². The van der Waals surface area contributed by atoms with Crippen LogP contribution in [0.2, 0.25) is 0 Å². The van der Waals surface area contributed by atoms with E-state index in [1.807, 2.05) is 59.8 Å². The average molecular weight is 331 g/mol. The Kier molecular flexibility index (Phi) is 4.44. The van der Waals surface area contributed by atoms with E-state index in [0.29, 0.717) is 0 Å². The Labute approximate surface area is 147 Å². The molecule has 1 aliphatic rings. The first-order valence-electron chi connectivity index (χ1n) is 8.69. The van der Waals surface area contributed by atoms with Crippen molar-refractivity contribution in [3.05, 3.63) is 78.1 Å². The highest BCUT2D eigenvalue weighted by atomic mass is 16.2. The van der Waals surface area contributed by atoms with Gasteiger partial charge in [-0.05, 0) is 34.5 Å². The molecule has 1 aliphatic heterocycles. The lowest BCUT2D eigenvalue weighted by Crippen LogP contribution is -2.48. The largest absolute Gasteiger partial charge is 0.336 e. The minimum Gasteiger partial charge on any atom is -0.336 e. The summed E-state index contributed by atoms with van der Waals surface area (Å²) in [5.74, 6) is 0.139. The number of rotatable bonds is 3. The quantitative estimate of drug-likeness (QED) is 0.739. The first kappa shape index (κ1) is 15.8. The van der Waals surface area contributed by atoms with Crippen molar-refractivity contribution in [2.24, 2.45) is 0 Å². The van der Waals surface area contributed by atoms with Crippen molar-refractivity contribution in [1.29, 1.82) is 0 Å². The standard InChI is InChI=1S/C21H21N3O/c25-21(20-7-3-5-18-4-1-2-6-19(18)20)24-14-12-23(13-15-24)16-17-8-10-22-11-9-17/h1-11H,12-16H2. The third kappa shape index (κ3) is 3.39. The van der Waals surface area contributed by atoms with Crippen LogP contribution in [0.3, 0.4) is 0 Å². The van der Waals surface area contributed by atoms with Crippen LogP contribution in [0.5, 0.6) is 0 Å². The number of hydrogen-bond donors (Lipinski definition) is 0. The molecule has 0 atom stereocenters. The van der Waals surface area contributed by atoms with Gasteiger partial charge in [0.1, 0.15) is 0 Å². The van der Waals surface area contributed by atoms with Crippen LogP contribution in [-0.2, 0) is 6.54 Å². The molecule has 4 heteroatoms. The molecule has 2 heterocycles. The highest BCUT2D eigenvalue weighted by molar-refractivity contribution is 6.07. The third-order valence-corrected chi connectivity index (χ3v) is 4.84. The lowest BCUT2D eigenvalue weighted by molar-refractivity contribution is 0.0630. The Hall–Kier alpha value is -2.72. The SMILES string of the molecule is O=C(c1cccc2ccccc12)N1CCN(Cc2ccncc2)CC1. The first-order chi connectivity index (χ1) is 12.3. The van der Waals surface area contributed by atoms with Gasteiger partial charge in [0, 0.05) is 50.7 Å². The maximum absolute atomic E-state index is 13.0. The number of hydrogen-bond acceptors (Lipinski definition) is 3. The molecule has 25 heavy (non-hydrogen) atoms. The number of fused-ring (bicyclic) bond motifs is 1. The van der Waals surface area contributed by atoms with E-state index in [2.05, 4.69) is 22.0 Å². The lowest BCUT2D eigenvalue weighted by Gasteiger charge is -2.35. The second-order valence-electron chi connectivity index (χ2n) is 6.45. The molecule has 2 aromatic carbocycles. The minimum absolute atomic E-state index is 0.139. The molecule has 0 saturated carbocycles. The van der Waals surface area contributed by atoms with E-state index >= 15 is 0 Å². The van der Waals surface area contributed by atoms with Gasteiger partial charge in [-0.2, -0.15) is 0 Å². The molecule has 1 fully saturated rings. The molecule has 1 saturated heterocycles. The van der Waals surface area contributed by atoms with Crippen LogP contribution < -0.4 is 0 Å². The van der Waals surface area contributed by atoms with Crippen LogP contribution in [-0.4, -0.2) is 46.9 Å². The molecule has 0 spiro atoms. The van der Waals surface area contributed by atoms with Crippen LogP contribution in [0.1, 0.15) is 15.9 Å². The monoisotopic (exact) mass is 331 g/mol. The predicted octanol–water partition coefficient (Wildman–Crippen LogP) is 3.19. The number of piperazine rings is 1. The Morgan fingerprint density at radius 3 is 2.40 bits per heavy atom. The van der Waals surface area contributed by atoms with Crippen molar-refractivity contribution in [3.63, 3.8) is 0 Å². The van der Waals surface area contributed by atoms with Gasteiger partial charge in [-0.3, -0.25) is 14.7 Å². The fourth-order valence-corrected chi connectivity index (χ4v) is 3.44. The zero-order chi connectivity index (χ0) is 17.1. The van der Waals surface area contributed by atoms with Gasteiger partial charge in [-0.1, -0.05) is 36.4 Å². The van der Waals surface area contributed by atoms with E-state index in [9.17, 15) is 4.79 Å². The van der Waals surface area contributed by atoms with E-state index in [-0.39, 0.29) is 5.91 Å². The van der Waals surface area contributed by atoms with Crippen LogP contribution in [0.25, 0.3) is 10.8 Å². The van der Waals surface area contributed by atoms with Crippen molar-refractivity contribution in [2.75, 3.05) is 26.2 Å². The molecule has 0 aliphatic carbocycles. The van der Waals surface area contributed by atoms with Gasteiger partial charge in [0.05, 0.1) is 0 Å². The Balaban J connectivity index is 1.44. The molecular weight excluding hydrogens is 310 g/mol. The summed E-state index contributed by atoms with van der Waals surface area (Å²) in [7, 11) is 0. The maximum Gasteiger partial charge on any atom is 0.254 e. The number of aromatic nitrogens is 1. The zero-order valence-corrected chi connectivity index (χ0v) is 14.1. The number of amides is 1. The fraction of sp³-hybridized carbons (Fsp3) is 0.238. The second kappa shape index (κ2) is 7.03. The van der Waals surface area contributed by atoms with Crippen LogP contribution in [0, 0.1) is 0 Å². The van der Waals surface area contributed by atoms with Gasteiger partial charge >= 0.3 is 0 Å². The molecule has 4 nitrogen and oxygen atoms in total. The van der Waals surface area contributed by atoms with Crippen LogP contribution in [0.4, 0.5) is 0 Å². The molecule has 3 aromatic rings. The third-order valence-electron chi connectivity index (χ3n) is 4.84. The number of nitrogens with zero attached hydrogens (tertiary/aromatic N) is 3. The number of carbonyl (C=O) groups is 1. The molecule has 126 valence electrons. The highest BCUT2D eigenvalue weighted by Gasteiger charge is 2.23. The van der Waals surface area contributed by atoms with Gasteiger partial charge in [-0.15, -0.1) is 0 Å². The Morgan fingerprint density at radius 2 is 1.60 bits per heavy atom. The molecule has 0 bridgehead atoms. The fourth-order valence-electron chi connectivity index (χ4n) is 3.44. The first-order valence-corrected chi connectivity index (χ1v) is 8.69. The van der Waals surface area contributed by atoms with Crippen LogP contribution in [0.15, 0.2) is 67.0 Å². The summed E-state index contributed by atoms with van der Waals surface area (Å²) in [6.45, 7) is 4.26. The van der Waals surface area contributed by atoms with Crippen molar-refractivity contribution < 1.29 is 4.79 Å². The Morgan fingerprint density at radius 1 is 0.880 bits per heavy atom. The normalized spacial score (nSPS) is 15.4. The summed E-state index contributed by atoms with van der Waals surface area (Å²) in [5.41, 5.74) is 2.07. The smallest absolute Gasteiger partial charge is 0.254 e. The van der Waals surface area contributed by atoms with Gasteiger partial charge in [0.25, 0.3) is 5.91 Å². The van der Waals surface area contributed by atoms with Gasteiger partial charge < -0.3 is 4.90 Å². The topological polar surface area (TPSA) is 36.4 Å². The molecular formula is C21H21N3O. The van der Waals surface area contributed by atoms with Crippen molar-refractivity contribution >= 4 is 16.7 Å². The highest BCUT2D eigenvalue weighted by Crippen LogP contribution is 2.21. The number of pyridine rings is 1. The van der Waals surface area contributed by atoms with E-state index in [0.717, 1.165) is 49.1 Å². The molecule has 0 radical (unpaired) electrons. The van der Waals surface area contributed by atoms with Gasteiger partial charge in [0.2, 0.25) is 0 Å². The molecule has 0 N–H and O–H groups in total. The second-order valence-corrected chi connectivity index (χ2v) is 6.45. The lowest BCUT2D eigenvalue weighted by atomic mass is 10.0. The number of benzene rings is 2. The minimum atomic E-state index is 0.139. The van der Waals surface area contributed by atoms with Crippen molar-refractivity contribution in [2.45, 2.75) is 6.54 Å². The Bertz CT molecular complexity index is 865. The summed E-state index contributed by atoms with van der Waals surface area (Å²) >= 11 is 0. The molecule has 1 aromatic heterocycles. The molecule has 1 amide bonds. The summed E-state index contributed by atoms with van der Waals surface area (Å²) in [6.07, 6.45) is 3.66. The van der Waals surface area contributed by atoms with Gasteiger partial charge in [0.15, 0.2) is 0 Å². The van der Waals surface area contributed by atoms with E-state index in [1.165, 1.54) is 5.56 Å². The average Bonchev–Trinajstić information content (AvgIpc) is 2.68. The summed E-state index contributed by atoms with van der Waals surface area (Å²) < 4.78 is 0. The predicted molar refractivity (Wildman–Crippen MR) is 99.4 cm³/mol. The summed E-state index contributed by atoms with van der Waals surface area (Å²) in [4.78, 5) is 21.4. The summed E-state index contributed by atoms with van der Waals surface area (Å²) in [6, 6.07) is 18.1. The molecule has 4 rings (SSSR count). The number of carbonyl (C=O) groups excluding carboxylic acids is 1. The summed E-state index contributed by atoms with van der Waals surface area (Å²) in [5, 5.41) is 2.15. The zero-order valence-electron chi connectivity index (χ0n) is 14.1. The van der Waals surface area contributed by atoms with E-state index in [1.54, 1.807) is 0 Å². The molecule has 0 unspecified atom stereocenters. The van der Waals surface area contributed by atoms with Crippen molar-refractivity contribution in [1.82, 2.24) is 14.8 Å². The van der Waals surface area contributed by atoms with Crippen molar-refractivity contribution in [3.8, 4) is 0 Å². The van der Waals surface area contributed by atoms with Crippen LogP contribution >= 0.6 is 0 Å².